The average Bonchev–Trinajstić information content (AvgIpc) is 1.12. The summed E-state index contributed by atoms with van der Waals surface area (Å²) in [6, 6.07) is 0. The van der Waals surface area contributed by atoms with Crippen LogP contribution in [0.4, 0.5) is 0 Å². The number of hydrogen-bond donors (Lipinski definition) is 2. The van der Waals surface area contributed by atoms with Crippen LogP contribution in [0.25, 0.3) is 0 Å². The second kappa shape index (κ2) is 5.66. The molecule has 0 heterocycles. The zero-order chi connectivity index (χ0) is 9.00. The van der Waals surface area contributed by atoms with Crippen molar-refractivity contribution in [3.05, 3.63) is 0 Å². The number of phosphoric acid groups is 1. The van der Waals surface area contributed by atoms with Gasteiger partial charge >= 0.3 is 18.8 Å². The molecule has 8 nitrogen and oxygen atoms in total. The van der Waals surface area contributed by atoms with Gasteiger partial charge in [-0.2, -0.15) is 16.2 Å². The summed E-state index contributed by atoms with van der Waals surface area (Å²) in [5.74, 6) is 0. The fourth-order valence-electron chi connectivity index (χ4n) is 0. The Morgan fingerprint density at radius 1 is 1.09 bits per heavy atom. The first-order valence-electron chi connectivity index (χ1n) is 1.43. The molecule has 0 radical (unpaired) electrons. The van der Waals surface area contributed by atoms with Gasteiger partial charge in [0, 0.05) is 0 Å². The molecule has 0 aromatic carbocycles. The molecule has 0 fully saturated rings. The van der Waals surface area contributed by atoms with E-state index in [9.17, 15) is 0 Å². The predicted octanol–water partition coefficient (Wildman–Crippen LogP) is -3.86. The average molecular weight is 204 g/mol. The van der Waals surface area contributed by atoms with Gasteiger partial charge in [-0.3, -0.25) is 9.11 Å². The van der Waals surface area contributed by atoms with Crippen molar-refractivity contribution in [3.63, 3.8) is 0 Å². The Balaban J connectivity index is -0.000000107. The van der Waals surface area contributed by atoms with Crippen molar-refractivity contribution in [2.45, 2.75) is 0 Å². The van der Waals surface area contributed by atoms with Crippen LogP contribution >= 0.6 is 7.82 Å². The van der Waals surface area contributed by atoms with Crippen LogP contribution in [-0.4, -0.2) is 25.9 Å². The molecule has 11 heteroatoms. The van der Waals surface area contributed by atoms with Crippen LogP contribution in [0.3, 0.4) is 0 Å². The van der Waals surface area contributed by atoms with Crippen molar-refractivity contribution in [2.24, 2.45) is 0 Å². The van der Waals surface area contributed by atoms with E-state index >= 15 is 0 Å². The molecule has 0 aromatic heterocycles. The van der Waals surface area contributed by atoms with Crippen LogP contribution in [-0.2, 0) is 15.0 Å². The van der Waals surface area contributed by atoms with Gasteiger partial charge in [0.05, 0.1) is 0 Å². The molecule has 0 aliphatic carbocycles. The number of hydrogen-bond acceptors (Lipinski definition) is 6. The molecule has 0 aromatic rings. The Kier molecular flexibility index (Phi) is 8.87. The zero-order valence-electron chi connectivity index (χ0n) is 4.78. The van der Waals surface area contributed by atoms with Gasteiger partial charge in [0.25, 0.3) is 0 Å². The third-order valence-corrected chi connectivity index (χ3v) is 0. The summed E-state index contributed by atoms with van der Waals surface area (Å²) >= 11 is 0. The summed E-state index contributed by atoms with van der Waals surface area (Å²) in [6.45, 7) is 0. The molecule has 2 N–H and O–H groups in total. The summed E-state index contributed by atoms with van der Waals surface area (Å²) in [7, 11) is -10.1. The van der Waals surface area contributed by atoms with E-state index in [1.54, 1.807) is 0 Å². The molecule has 0 atom stereocenters. The van der Waals surface area contributed by atoms with Crippen molar-refractivity contribution in [1.29, 1.82) is 0 Å². The Morgan fingerprint density at radius 2 is 1.09 bits per heavy atom. The first-order valence-corrected chi connectivity index (χ1v) is 4.29. The second-order valence-electron chi connectivity index (χ2n) is 0.895. The van der Waals surface area contributed by atoms with E-state index in [1.165, 1.54) is 0 Å². The van der Waals surface area contributed by atoms with E-state index in [1.807, 2.05) is 0 Å². The molecule has 0 aliphatic heterocycles. The molecular weight excluding hydrogens is 202 g/mol. The first kappa shape index (κ1) is 17.2. The molecule has 0 bridgehead atoms. The molecule has 0 amide bonds. The molecule has 0 saturated heterocycles. The van der Waals surface area contributed by atoms with Gasteiger partial charge in [-0.1, -0.05) is 0 Å². The topological polar surface area (TPSA) is 161 Å². The van der Waals surface area contributed by atoms with Crippen LogP contribution < -0.4 is 14.7 Å². The van der Waals surface area contributed by atoms with Crippen LogP contribution in [0.2, 0.25) is 0 Å². The molecular formula is H2BO8PS. The van der Waals surface area contributed by atoms with E-state index in [-0.39, 0.29) is 8.41 Å². The molecule has 0 spiro atoms. The van der Waals surface area contributed by atoms with Crippen molar-refractivity contribution in [2.75, 3.05) is 0 Å². The van der Waals surface area contributed by atoms with Gasteiger partial charge < -0.3 is 19.2 Å². The summed E-state index contributed by atoms with van der Waals surface area (Å²) < 4.78 is 40.1. The quantitative estimate of drug-likeness (QED) is 0.230. The SMILES string of the molecule is O=P([O-])([O-])[O-].O=S(=O)(O)O.[B+3]. The van der Waals surface area contributed by atoms with Crippen LogP contribution in [0.5, 0.6) is 0 Å². The Labute approximate surface area is 64.3 Å². The van der Waals surface area contributed by atoms with Crippen LogP contribution in [0.1, 0.15) is 0 Å². The van der Waals surface area contributed by atoms with Crippen molar-refractivity contribution >= 4 is 26.6 Å². The summed E-state index contributed by atoms with van der Waals surface area (Å²) in [6.07, 6.45) is 0. The first-order chi connectivity index (χ1) is 4.00. The minimum Gasteiger partial charge on any atom is -0.822 e. The predicted molar refractivity (Wildman–Crippen MR) is 27.5 cm³/mol. The third kappa shape index (κ3) is 322000. The fourth-order valence-corrected chi connectivity index (χ4v) is 0. The Morgan fingerprint density at radius 3 is 1.09 bits per heavy atom. The maximum absolute atomic E-state index is 8.74. The van der Waals surface area contributed by atoms with Crippen LogP contribution in [0.15, 0.2) is 0 Å². The van der Waals surface area contributed by atoms with Gasteiger partial charge in [0.1, 0.15) is 0 Å². The van der Waals surface area contributed by atoms with E-state index in [2.05, 4.69) is 0 Å². The van der Waals surface area contributed by atoms with E-state index < -0.39 is 18.2 Å². The molecule has 0 aliphatic rings. The maximum atomic E-state index is 8.74. The molecule has 11 heavy (non-hydrogen) atoms. The molecule has 0 saturated carbocycles. The normalized spacial score (nSPS) is 10.6. The Hall–Kier alpha value is 0.0449. The molecule has 0 rings (SSSR count). The minimum absolute atomic E-state index is 0. The molecule has 64 valence electrons. The van der Waals surface area contributed by atoms with Gasteiger partial charge in [0.2, 0.25) is 0 Å². The second-order valence-corrected chi connectivity index (χ2v) is 2.69. The van der Waals surface area contributed by atoms with Crippen molar-refractivity contribution in [1.82, 2.24) is 0 Å². The van der Waals surface area contributed by atoms with Crippen molar-refractivity contribution in [3.8, 4) is 0 Å². The molecule has 0 unspecified atom stereocenters. The van der Waals surface area contributed by atoms with Gasteiger partial charge in [-0.25, -0.2) is 0 Å². The maximum Gasteiger partial charge on any atom is 3.00 e. The summed E-state index contributed by atoms with van der Waals surface area (Å²) in [5.41, 5.74) is 0. The summed E-state index contributed by atoms with van der Waals surface area (Å²) in [4.78, 5) is 25.6. The monoisotopic (exact) mass is 204 g/mol. The zero-order valence-corrected chi connectivity index (χ0v) is 6.49. The smallest absolute Gasteiger partial charge is 0.822 e. The Bertz CT molecular complexity index is 192. The number of rotatable bonds is 0. The van der Waals surface area contributed by atoms with Gasteiger partial charge in [-0.05, 0) is 0 Å². The fraction of sp³-hybridized carbons (Fsp3) is 0. The van der Waals surface area contributed by atoms with E-state index in [0.717, 1.165) is 0 Å². The van der Waals surface area contributed by atoms with Crippen LogP contribution in [0, 0.1) is 0 Å². The van der Waals surface area contributed by atoms with Crippen molar-refractivity contribution < 1.29 is 36.8 Å². The largest absolute Gasteiger partial charge is 3.00 e. The van der Waals surface area contributed by atoms with Gasteiger partial charge in [-0.15, -0.1) is 0 Å². The summed E-state index contributed by atoms with van der Waals surface area (Å²) in [5, 5.41) is 0. The standard InChI is InChI=1S/B.H3O4P.H2O4S/c;2*1-5(2,3)4/h;(H3,1,2,3,4);(H2,1,2,3,4)/q+3;;/p-3. The van der Waals surface area contributed by atoms with E-state index in [0.29, 0.717) is 0 Å². The van der Waals surface area contributed by atoms with E-state index in [4.69, 9.17) is 36.8 Å². The third-order valence-electron chi connectivity index (χ3n) is 0. The van der Waals surface area contributed by atoms with Gasteiger partial charge in [0.15, 0.2) is 0 Å². The minimum atomic E-state index is -5.39.